The Balaban J connectivity index is 1.79. The number of benzene rings is 2. The molecule has 6 nitrogen and oxygen atoms in total. The van der Waals surface area contributed by atoms with E-state index in [0.29, 0.717) is 48.7 Å². The topological polar surface area (TPSA) is 79.8 Å². The number of nitrogens with zero attached hydrogens (tertiary/aromatic N) is 4. The van der Waals surface area contributed by atoms with Crippen LogP contribution in [0.4, 0.5) is 0 Å². The third-order valence-corrected chi connectivity index (χ3v) is 7.89. The molecule has 2 heterocycles. The fourth-order valence-corrected chi connectivity index (χ4v) is 5.22. The molecule has 4 aromatic rings. The molecule has 0 bridgehead atoms. The summed E-state index contributed by atoms with van der Waals surface area (Å²) in [6.07, 6.45) is 1.99. The number of rotatable bonds is 6. The highest BCUT2D eigenvalue weighted by Crippen LogP contribution is 2.48. The lowest BCUT2D eigenvalue weighted by atomic mass is 10.1. The van der Waals surface area contributed by atoms with E-state index < -0.39 is 11.2 Å². The highest BCUT2D eigenvalue weighted by atomic mass is 35.5. The molecule has 2 aromatic heterocycles. The number of hydrogen-bond acceptors (Lipinski definition) is 5. The van der Waals surface area contributed by atoms with Gasteiger partial charge in [0.1, 0.15) is 11.4 Å². The molecule has 1 saturated carbocycles. The van der Waals surface area contributed by atoms with Gasteiger partial charge in [-0.3, -0.25) is 0 Å². The average Bonchev–Trinajstić information content (AvgIpc) is 3.21. The number of aromatic nitrogens is 4. The number of hydrogen-bond donors (Lipinski definition) is 0. The Hall–Kier alpha value is -2.03. The predicted molar refractivity (Wildman–Crippen MR) is 131 cm³/mol. The molecule has 0 saturated heterocycles. The smallest absolute Gasteiger partial charge is 0.273 e. The number of halogens is 3. The zero-order valence-corrected chi connectivity index (χ0v) is 20.9. The quantitative estimate of drug-likeness (QED) is 0.263. The molecule has 1 unspecified atom stereocenters. The lowest BCUT2D eigenvalue weighted by molar-refractivity contribution is 0.457. The zero-order chi connectivity index (χ0) is 23.3. The molecule has 1 aliphatic rings. The Morgan fingerprint density at radius 2 is 1.76 bits per heavy atom. The first-order valence-corrected chi connectivity index (χ1v) is 12.8. The molecular formula is C23H19Cl3N4O2S. The van der Waals surface area contributed by atoms with Crippen LogP contribution in [0.25, 0.3) is 28.5 Å². The van der Waals surface area contributed by atoms with Gasteiger partial charge < -0.3 is 8.97 Å². The maximum atomic E-state index is 13.4. The maximum absolute atomic E-state index is 13.4. The molecule has 0 spiro atoms. The Kier molecular flexibility index (Phi) is 5.95. The molecule has 0 aliphatic heterocycles. The van der Waals surface area contributed by atoms with Gasteiger partial charge in [-0.15, -0.1) is 10.2 Å². The molecule has 1 aliphatic carbocycles. The fraction of sp³-hybridized carbons (Fsp3) is 0.261. The highest BCUT2D eigenvalue weighted by molar-refractivity contribution is 7.91. The molecule has 5 rings (SSSR count). The largest absolute Gasteiger partial charge is 0.611 e. The summed E-state index contributed by atoms with van der Waals surface area (Å²) in [6, 6.07) is 12.4. The summed E-state index contributed by atoms with van der Waals surface area (Å²) < 4.78 is 21.0. The highest BCUT2D eigenvalue weighted by Gasteiger charge is 2.45. The Morgan fingerprint density at radius 3 is 2.39 bits per heavy atom. The summed E-state index contributed by atoms with van der Waals surface area (Å²) in [4.78, 5) is 0.502. The standard InChI is InChI=1S/C23H19Cl3N4O2S/c1-3-33(31)20-18(21-27-28-22(32-21)23(2)10-11-23)29-30(17-9-8-15(25)12-16(17)26)19(20)13-4-6-14(24)7-5-13/h4-9,12H,3,10-11H2,1-2H3. The van der Waals surface area contributed by atoms with Crippen LogP contribution < -0.4 is 0 Å². The Morgan fingerprint density at radius 1 is 1.06 bits per heavy atom. The van der Waals surface area contributed by atoms with E-state index >= 15 is 0 Å². The second kappa shape index (κ2) is 8.64. The first-order chi connectivity index (χ1) is 15.8. The molecule has 0 amide bonds. The van der Waals surface area contributed by atoms with Crippen LogP contribution in [-0.4, -0.2) is 30.3 Å². The van der Waals surface area contributed by atoms with E-state index in [9.17, 15) is 4.55 Å². The first kappa shape index (κ1) is 22.7. The summed E-state index contributed by atoms with van der Waals surface area (Å²) in [6.45, 7) is 3.93. The second-order valence-corrected chi connectivity index (χ2v) is 11.1. The average molecular weight is 522 g/mol. The van der Waals surface area contributed by atoms with Gasteiger partial charge in [0.25, 0.3) is 5.89 Å². The van der Waals surface area contributed by atoms with Crippen molar-refractivity contribution in [2.45, 2.75) is 37.0 Å². The third kappa shape index (κ3) is 4.17. The minimum Gasteiger partial charge on any atom is -0.611 e. The van der Waals surface area contributed by atoms with Crippen LogP contribution in [0.1, 0.15) is 32.6 Å². The van der Waals surface area contributed by atoms with Crippen LogP contribution in [0.2, 0.25) is 15.1 Å². The second-order valence-electron chi connectivity index (χ2n) is 8.15. The minimum atomic E-state index is -1.39. The van der Waals surface area contributed by atoms with Crippen molar-refractivity contribution < 1.29 is 8.97 Å². The lowest BCUT2D eigenvalue weighted by Crippen LogP contribution is -2.07. The van der Waals surface area contributed by atoms with Gasteiger partial charge in [-0.2, -0.15) is 5.10 Å². The van der Waals surface area contributed by atoms with Gasteiger partial charge in [-0.25, -0.2) is 4.68 Å². The van der Waals surface area contributed by atoms with Gasteiger partial charge in [-0.1, -0.05) is 53.9 Å². The molecule has 2 aromatic carbocycles. The van der Waals surface area contributed by atoms with E-state index in [-0.39, 0.29) is 11.3 Å². The molecule has 170 valence electrons. The van der Waals surface area contributed by atoms with Crippen LogP contribution in [0, 0.1) is 0 Å². The third-order valence-electron chi connectivity index (χ3n) is 5.73. The zero-order valence-electron chi connectivity index (χ0n) is 17.8. The summed E-state index contributed by atoms with van der Waals surface area (Å²) in [5, 5.41) is 14.8. The molecule has 1 fully saturated rings. The molecule has 33 heavy (non-hydrogen) atoms. The molecular weight excluding hydrogens is 503 g/mol. The van der Waals surface area contributed by atoms with Gasteiger partial charge in [0.15, 0.2) is 0 Å². The summed E-state index contributed by atoms with van der Waals surface area (Å²) in [7, 11) is 0. The van der Waals surface area contributed by atoms with E-state index in [1.54, 1.807) is 35.0 Å². The van der Waals surface area contributed by atoms with Gasteiger partial charge in [0.05, 0.1) is 10.7 Å². The van der Waals surface area contributed by atoms with Crippen molar-refractivity contribution in [3.63, 3.8) is 0 Å². The maximum Gasteiger partial charge on any atom is 0.273 e. The van der Waals surface area contributed by atoms with Crippen molar-refractivity contribution in [2.75, 3.05) is 5.75 Å². The summed E-state index contributed by atoms with van der Waals surface area (Å²) in [5.74, 6) is 1.18. The van der Waals surface area contributed by atoms with Gasteiger partial charge in [0, 0.05) is 21.0 Å². The van der Waals surface area contributed by atoms with Crippen LogP contribution in [0.5, 0.6) is 0 Å². The Bertz CT molecular complexity index is 1330. The minimum absolute atomic E-state index is 0.101. The van der Waals surface area contributed by atoms with Gasteiger partial charge >= 0.3 is 0 Å². The van der Waals surface area contributed by atoms with Crippen molar-refractivity contribution in [2.24, 2.45) is 0 Å². The predicted octanol–water partition coefficient (Wildman–Crippen LogP) is 6.73. The van der Waals surface area contributed by atoms with Gasteiger partial charge in [0.2, 0.25) is 16.5 Å². The van der Waals surface area contributed by atoms with Crippen LogP contribution >= 0.6 is 34.8 Å². The molecule has 0 N–H and O–H groups in total. The normalized spacial score (nSPS) is 15.6. The fourth-order valence-electron chi connectivity index (χ4n) is 3.56. The monoisotopic (exact) mass is 520 g/mol. The van der Waals surface area contributed by atoms with Crippen LogP contribution in [0.3, 0.4) is 0 Å². The van der Waals surface area contributed by atoms with E-state index in [0.717, 1.165) is 18.4 Å². The van der Waals surface area contributed by atoms with Gasteiger partial charge in [-0.05, 0) is 61.3 Å². The SMILES string of the molecule is CC[S+]([O-])c1c(-c2nnc(C3(C)CC3)o2)nn(-c2ccc(Cl)cc2Cl)c1-c1ccc(Cl)cc1. The van der Waals surface area contributed by atoms with E-state index in [1.807, 2.05) is 19.1 Å². The van der Waals surface area contributed by atoms with E-state index in [4.69, 9.17) is 44.3 Å². The first-order valence-electron chi connectivity index (χ1n) is 10.4. The lowest BCUT2D eigenvalue weighted by Gasteiger charge is -2.13. The van der Waals surface area contributed by atoms with Crippen molar-refractivity contribution in [3.8, 4) is 28.5 Å². The van der Waals surface area contributed by atoms with Crippen molar-refractivity contribution in [3.05, 3.63) is 63.4 Å². The summed E-state index contributed by atoms with van der Waals surface area (Å²) >= 11 is 17.4. The Labute approximate surface area is 209 Å². The van der Waals surface area contributed by atoms with E-state index in [2.05, 4.69) is 17.1 Å². The van der Waals surface area contributed by atoms with Crippen molar-refractivity contribution >= 4 is 46.0 Å². The summed E-state index contributed by atoms with van der Waals surface area (Å²) in [5.41, 5.74) is 2.24. The molecule has 1 atom stereocenters. The molecule has 10 heteroatoms. The molecule has 0 radical (unpaired) electrons. The van der Waals surface area contributed by atoms with Crippen LogP contribution in [0.15, 0.2) is 51.8 Å². The van der Waals surface area contributed by atoms with Crippen molar-refractivity contribution in [1.82, 2.24) is 20.0 Å². The van der Waals surface area contributed by atoms with E-state index in [1.165, 1.54) is 0 Å². The van der Waals surface area contributed by atoms with Crippen LogP contribution in [-0.2, 0) is 16.6 Å². The van der Waals surface area contributed by atoms with Crippen molar-refractivity contribution in [1.29, 1.82) is 0 Å².